The number of ether oxygens (including phenoxy) is 1. The van der Waals surface area contributed by atoms with Crippen LogP contribution in [0.15, 0.2) is 42.5 Å². The molecule has 3 nitrogen and oxygen atoms in total. The van der Waals surface area contributed by atoms with E-state index in [0.29, 0.717) is 0 Å². The third kappa shape index (κ3) is 2.74. The first-order valence-electron chi connectivity index (χ1n) is 7.46. The maximum atomic E-state index is 10.8. The van der Waals surface area contributed by atoms with Crippen molar-refractivity contribution in [3.05, 3.63) is 59.2 Å². The van der Waals surface area contributed by atoms with Crippen LogP contribution < -0.4 is 10.1 Å². The third-order valence-electron chi connectivity index (χ3n) is 3.75. The summed E-state index contributed by atoms with van der Waals surface area (Å²) in [4.78, 5) is 0. The van der Waals surface area contributed by atoms with Crippen LogP contribution >= 0.6 is 0 Å². The highest BCUT2D eigenvalue weighted by Crippen LogP contribution is 2.37. The van der Waals surface area contributed by atoms with E-state index in [4.69, 9.17) is 4.74 Å². The fourth-order valence-corrected chi connectivity index (χ4v) is 2.83. The van der Waals surface area contributed by atoms with Crippen LogP contribution in [-0.2, 0) is 6.42 Å². The van der Waals surface area contributed by atoms with Gasteiger partial charge in [0, 0.05) is 23.4 Å². The van der Waals surface area contributed by atoms with Gasteiger partial charge in [0.2, 0.25) is 0 Å². The molecule has 1 unspecified atom stereocenters. The largest absolute Gasteiger partial charge is 0.491 e. The van der Waals surface area contributed by atoms with Gasteiger partial charge < -0.3 is 15.2 Å². The number of aliphatic hydroxyl groups is 1. The number of anilines is 1. The molecule has 2 aromatic rings. The zero-order valence-electron chi connectivity index (χ0n) is 12.5. The molecule has 0 aromatic heterocycles. The van der Waals surface area contributed by atoms with E-state index in [1.54, 1.807) is 0 Å². The van der Waals surface area contributed by atoms with Crippen molar-refractivity contribution in [2.45, 2.75) is 32.5 Å². The van der Waals surface area contributed by atoms with Crippen molar-refractivity contribution in [1.29, 1.82) is 0 Å². The molecular formula is C18H21NO2. The minimum Gasteiger partial charge on any atom is -0.491 e. The molecule has 2 aromatic carbocycles. The summed E-state index contributed by atoms with van der Waals surface area (Å²) < 4.78 is 5.83. The van der Waals surface area contributed by atoms with Crippen LogP contribution in [0, 0.1) is 0 Å². The van der Waals surface area contributed by atoms with Crippen molar-refractivity contribution >= 4 is 5.69 Å². The van der Waals surface area contributed by atoms with Crippen molar-refractivity contribution in [2.75, 3.05) is 11.9 Å². The second-order valence-corrected chi connectivity index (χ2v) is 5.67. The fraction of sp³-hybridized carbons (Fsp3) is 0.333. The molecule has 21 heavy (non-hydrogen) atoms. The Bertz CT molecular complexity index is 637. The number of benzene rings is 2. The molecule has 0 aliphatic carbocycles. The molecule has 1 atom stereocenters. The minimum atomic E-state index is -0.680. The van der Waals surface area contributed by atoms with Gasteiger partial charge in [-0.2, -0.15) is 0 Å². The molecular weight excluding hydrogens is 262 g/mol. The Morgan fingerprint density at radius 1 is 1.05 bits per heavy atom. The summed E-state index contributed by atoms with van der Waals surface area (Å²) >= 11 is 0. The van der Waals surface area contributed by atoms with Gasteiger partial charge in [-0.1, -0.05) is 36.4 Å². The molecule has 2 N–H and O–H groups in total. The van der Waals surface area contributed by atoms with Crippen LogP contribution in [0.3, 0.4) is 0 Å². The van der Waals surface area contributed by atoms with E-state index >= 15 is 0 Å². The Labute approximate surface area is 125 Å². The first-order valence-corrected chi connectivity index (χ1v) is 7.46. The summed E-state index contributed by atoms with van der Waals surface area (Å²) in [5.41, 5.74) is 4.08. The van der Waals surface area contributed by atoms with Crippen molar-refractivity contribution in [3.8, 4) is 5.75 Å². The SMILES string of the molecule is CC(C)Oc1ccccc1C(O)c1cccc2c1NCC2. The van der Waals surface area contributed by atoms with Crippen molar-refractivity contribution in [2.24, 2.45) is 0 Å². The normalized spacial score (nSPS) is 14.7. The maximum Gasteiger partial charge on any atom is 0.125 e. The summed E-state index contributed by atoms with van der Waals surface area (Å²) in [5, 5.41) is 14.2. The van der Waals surface area contributed by atoms with E-state index in [1.807, 2.05) is 50.2 Å². The second kappa shape index (κ2) is 5.78. The van der Waals surface area contributed by atoms with Gasteiger partial charge in [-0.05, 0) is 31.9 Å². The van der Waals surface area contributed by atoms with E-state index in [2.05, 4.69) is 11.4 Å². The average molecular weight is 283 g/mol. The monoisotopic (exact) mass is 283 g/mol. The predicted octanol–water partition coefficient (Wildman–Crippen LogP) is 3.52. The van der Waals surface area contributed by atoms with Crippen molar-refractivity contribution < 1.29 is 9.84 Å². The lowest BCUT2D eigenvalue weighted by atomic mass is 9.97. The smallest absolute Gasteiger partial charge is 0.125 e. The Morgan fingerprint density at radius 3 is 2.62 bits per heavy atom. The maximum absolute atomic E-state index is 10.8. The molecule has 0 bridgehead atoms. The molecule has 1 aliphatic rings. The first-order chi connectivity index (χ1) is 10.2. The molecule has 1 heterocycles. The van der Waals surface area contributed by atoms with E-state index in [1.165, 1.54) is 5.56 Å². The second-order valence-electron chi connectivity index (χ2n) is 5.67. The highest BCUT2D eigenvalue weighted by molar-refractivity contribution is 5.63. The Morgan fingerprint density at radius 2 is 1.81 bits per heavy atom. The van der Waals surface area contributed by atoms with E-state index in [0.717, 1.165) is 35.5 Å². The van der Waals surface area contributed by atoms with Gasteiger partial charge >= 0.3 is 0 Å². The third-order valence-corrected chi connectivity index (χ3v) is 3.75. The lowest BCUT2D eigenvalue weighted by Crippen LogP contribution is -2.10. The van der Waals surface area contributed by atoms with E-state index < -0.39 is 6.10 Å². The molecule has 0 radical (unpaired) electrons. The molecule has 0 spiro atoms. The lowest BCUT2D eigenvalue weighted by molar-refractivity contribution is 0.198. The molecule has 1 aliphatic heterocycles. The number of aliphatic hydroxyl groups excluding tert-OH is 1. The number of rotatable bonds is 4. The zero-order valence-corrected chi connectivity index (χ0v) is 12.5. The van der Waals surface area contributed by atoms with Gasteiger partial charge in [-0.15, -0.1) is 0 Å². The van der Waals surface area contributed by atoms with Crippen LogP contribution in [0.1, 0.15) is 36.6 Å². The Kier molecular flexibility index (Phi) is 3.84. The van der Waals surface area contributed by atoms with Crippen molar-refractivity contribution in [3.63, 3.8) is 0 Å². The molecule has 0 amide bonds. The number of nitrogens with one attached hydrogen (secondary N) is 1. The minimum absolute atomic E-state index is 0.0814. The van der Waals surface area contributed by atoms with Crippen LogP contribution in [0.5, 0.6) is 5.75 Å². The number of hydrogen-bond donors (Lipinski definition) is 2. The quantitative estimate of drug-likeness (QED) is 0.902. The topological polar surface area (TPSA) is 41.5 Å². The summed E-state index contributed by atoms with van der Waals surface area (Å²) in [6, 6.07) is 13.8. The number of hydrogen-bond acceptors (Lipinski definition) is 3. The standard InChI is InChI=1S/C18H21NO2/c1-12(2)21-16-9-4-3-7-14(16)18(20)15-8-5-6-13-10-11-19-17(13)15/h3-9,12,18-20H,10-11H2,1-2H3. The van der Waals surface area contributed by atoms with Gasteiger partial charge in [0.05, 0.1) is 6.10 Å². The van der Waals surface area contributed by atoms with Crippen molar-refractivity contribution in [1.82, 2.24) is 0 Å². The summed E-state index contributed by atoms with van der Waals surface area (Å²) in [7, 11) is 0. The molecule has 3 rings (SSSR count). The summed E-state index contributed by atoms with van der Waals surface area (Å²) in [5.74, 6) is 0.746. The van der Waals surface area contributed by atoms with E-state index in [-0.39, 0.29) is 6.10 Å². The van der Waals surface area contributed by atoms with Crippen LogP contribution in [0.25, 0.3) is 0 Å². The van der Waals surface area contributed by atoms with Gasteiger partial charge in [-0.3, -0.25) is 0 Å². The van der Waals surface area contributed by atoms with Crippen LogP contribution in [0.4, 0.5) is 5.69 Å². The lowest BCUT2D eigenvalue weighted by Gasteiger charge is -2.20. The summed E-state index contributed by atoms with van der Waals surface area (Å²) in [6.07, 6.45) is 0.415. The average Bonchev–Trinajstić information content (AvgIpc) is 2.95. The van der Waals surface area contributed by atoms with Crippen LogP contribution in [-0.4, -0.2) is 17.8 Å². The molecule has 0 saturated carbocycles. The highest BCUT2D eigenvalue weighted by atomic mass is 16.5. The number of fused-ring (bicyclic) bond motifs is 1. The molecule has 0 fully saturated rings. The molecule has 0 saturated heterocycles. The molecule has 3 heteroatoms. The Balaban J connectivity index is 2.00. The van der Waals surface area contributed by atoms with Gasteiger partial charge in [0.15, 0.2) is 0 Å². The van der Waals surface area contributed by atoms with Gasteiger partial charge in [0.1, 0.15) is 11.9 Å². The highest BCUT2D eigenvalue weighted by Gasteiger charge is 2.22. The molecule has 110 valence electrons. The Hall–Kier alpha value is -2.00. The number of para-hydroxylation sites is 2. The summed E-state index contributed by atoms with van der Waals surface area (Å²) in [6.45, 7) is 4.92. The zero-order chi connectivity index (χ0) is 14.8. The predicted molar refractivity (Wildman–Crippen MR) is 84.9 cm³/mol. The van der Waals surface area contributed by atoms with Crippen LogP contribution in [0.2, 0.25) is 0 Å². The van der Waals surface area contributed by atoms with Gasteiger partial charge in [0.25, 0.3) is 0 Å². The van der Waals surface area contributed by atoms with Gasteiger partial charge in [-0.25, -0.2) is 0 Å². The fourth-order valence-electron chi connectivity index (χ4n) is 2.83. The first kappa shape index (κ1) is 14.0. The van der Waals surface area contributed by atoms with E-state index in [9.17, 15) is 5.11 Å².